The van der Waals surface area contributed by atoms with Crippen LogP contribution in [-0.2, 0) is 0 Å². The molecule has 12 rings (SSSR count). The Balaban J connectivity index is 1.22. The van der Waals surface area contributed by atoms with E-state index in [0.717, 1.165) is 106 Å². The van der Waals surface area contributed by atoms with Crippen LogP contribution in [0, 0.1) is 0 Å². The van der Waals surface area contributed by atoms with Gasteiger partial charge in [0.2, 0.25) is 0 Å². The molecule has 1 aromatic heterocycles. The SMILES string of the molecule is c1ccc(-c2cc(-c3ccccc3)cc(-c3nc(-c4ccccc4)nc(-c4ccccc4-c4c(-c5ccccc5)c(-c5ccccc5)c(-c5ccccc5)c(-c5ccccc5)c4-c4ccccc4)n3)c2)cc1. The quantitative estimate of drug-likeness (QED) is 0.130. The van der Waals surface area contributed by atoms with Gasteiger partial charge in [0.1, 0.15) is 0 Å². The lowest BCUT2D eigenvalue weighted by Gasteiger charge is -2.29. The fourth-order valence-electron chi connectivity index (χ4n) is 10.1. The Bertz CT molecular complexity index is 3630. The molecule has 1 heterocycles. The van der Waals surface area contributed by atoms with Gasteiger partial charge in [-0.2, -0.15) is 0 Å². The zero-order chi connectivity index (χ0) is 48.1. The van der Waals surface area contributed by atoms with E-state index in [-0.39, 0.29) is 0 Å². The summed E-state index contributed by atoms with van der Waals surface area (Å²) in [5, 5.41) is 0. The molecular weight excluding hydrogens is 871 g/mol. The summed E-state index contributed by atoms with van der Waals surface area (Å²) >= 11 is 0. The molecule has 72 heavy (non-hydrogen) atoms. The second kappa shape index (κ2) is 19.8. The highest BCUT2D eigenvalue weighted by Crippen LogP contribution is 2.57. The first-order chi connectivity index (χ1) is 35.7. The molecule has 0 atom stereocenters. The minimum Gasteiger partial charge on any atom is -0.208 e. The summed E-state index contributed by atoms with van der Waals surface area (Å²) in [6.07, 6.45) is 0. The summed E-state index contributed by atoms with van der Waals surface area (Å²) in [4.78, 5) is 16.4. The minimum absolute atomic E-state index is 0.577. The van der Waals surface area contributed by atoms with Gasteiger partial charge in [0, 0.05) is 16.7 Å². The van der Waals surface area contributed by atoms with Gasteiger partial charge in [-0.3, -0.25) is 0 Å². The molecule has 0 aliphatic heterocycles. The van der Waals surface area contributed by atoms with E-state index in [1.165, 1.54) is 0 Å². The Kier molecular flexibility index (Phi) is 12.0. The maximum absolute atomic E-state index is 5.56. The molecule has 12 aromatic rings. The molecule has 3 heteroatoms. The van der Waals surface area contributed by atoms with Gasteiger partial charge in [-0.05, 0) is 107 Å². The maximum Gasteiger partial charge on any atom is 0.164 e. The summed E-state index contributed by atoms with van der Waals surface area (Å²) in [7, 11) is 0. The number of hydrogen-bond acceptors (Lipinski definition) is 3. The van der Waals surface area contributed by atoms with Gasteiger partial charge in [-0.25, -0.2) is 15.0 Å². The van der Waals surface area contributed by atoms with Crippen LogP contribution in [0.15, 0.2) is 285 Å². The molecule has 338 valence electrons. The van der Waals surface area contributed by atoms with Crippen LogP contribution in [0.2, 0.25) is 0 Å². The van der Waals surface area contributed by atoms with Gasteiger partial charge in [0.15, 0.2) is 17.5 Å². The Morgan fingerprint density at radius 3 is 0.736 bits per heavy atom. The lowest BCUT2D eigenvalue weighted by atomic mass is 9.73. The van der Waals surface area contributed by atoms with Gasteiger partial charge < -0.3 is 0 Å². The van der Waals surface area contributed by atoms with Crippen LogP contribution < -0.4 is 0 Å². The second-order valence-corrected chi connectivity index (χ2v) is 17.8. The van der Waals surface area contributed by atoms with E-state index in [1.807, 2.05) is 18.2 Å². The van der Waals surface area contributed by atoms with E-state index in [1.54, 1.807) is 0 Å². The minimum atomic E-state index is 0.577. The Morgan fingerprint density at radius 1 is 0.153 bits per heavy atom. The van der Waals surface area contributed by atoms with Crippen molar-refractivity contribution in [3.05, 3.63) is 285 Å². The fourth-order valence-corrected chi connectivity index (χ4v) is 10.1. The van der Waals surface area contributed by atoms with Gasteiger partial charge in [0.05, 0.1) is 0 Å². The van der Waals surface area contributed by atoms with Gasteiger partial charge in [-0.1, -0.05) is 267 Å². The molecule has 0 fully saturated rings. The Morgan fingerprint density at radius 2 is 0.389 bits per heavy atom. The van der Waals surface area contributed by atoms with Crippen LogP contribution in [0.3, 0.4) is 0 Å². The van der Waals surface area contributed by atoms with Crippen LogP contribution in [0.5, 0.6) is 0 Å². The molecule has 0 bridgehead atoms. The predicted octanol–water partition coefficient (Wildman–Crippen LogP) is 18.2. The smallest absolute Gasteiger partial charge is 0.164 e. The Labute approximate surface area is 421 Å². The lowest BCUT2D eigenvalue weighted by molar-refractivity contribution is 1.07. The Hall–Kier alpha value is -9.57. The first-order valence-corrected chi connectivity index (χ1v) is 24.4. The second-order valence-electron chi connectivity index (χ2n) is 17.8. The maximum atomic E-state index is 5.56. The summed E-state index contributed by atoms with van der Waals surface area (Å²) in [6, 6.07) is 101. The van der Waals surface area contributed by atoms with Gasteiger partial charge in [-0.15, -0.1) is 0 Å². The number of aromatic nitrogens is 3. The van der Waals surface area contributed by atoms with E-state index < -0.39 is 0 Å². The van der Waals surface area contributed by atoms with Crippen molar-refractivity contribution >= 4 is 0 Å². The molecule has 0 aliphatic rings. The summed E-state index contributed by atoms with van der Waals surface area (Å²) in [5.74, 6) is 1.76. The van der Waals surface area contributed by atoms with Crippen LogP contribution in [-0.4, -0.2) is 15.0 Å². The topological polar surface area (TPSA) is 38.7 Å². The number of rotatable bonds is 11. The molecular formula is C69H47N3. The van der Waals surface area contributed by atoms with Gasteiger partial charge >= 0.3 is 0 Å². The van der Waals surface area contributed by atoms with Crippen molar-refractivity contribution in [3.8, 4) is 123 Å². The van der Waals surface area contributed by atoms with Crippen LogP contribution in [0.4, 0.5) is 0 Å². The molecule has 0 spiro atoms. The number of hydrogen-bond donors (Lipinski definition) is 0. The summed E-state index contributed by atoms with van der Waals surface area (Å²) in [6.45, 7) is 0. The third-order valence-corrected chi connectivity index (χ3v) is 13.3. The molecule has 0 saturated heterocycles. The van der Waals surface area contributed by atoms with Crippen molar-refractivity contribution in [1.29, 1.82) is 0 Å². The average molecular weight is 918 g/mol. The normalized spacial score (nSPS) is 11.1. The molecule has 3 nitrogen and oxygen atoms in total. The monoisotopic (exact) mass is 917 g/mol. The van der Waals surface area contributed by atoms with E-state index in [2.05, 4.69) is 267 Å². The first-order valence-electron chi connectivity index (χ1n) is 24.4. The average Bonchev–Trinajstić information content (AvgIpc) is 3.48. The fraction of sp³-hybridized carbons (Fsp3) is 0. The summed E-state index contributed by atoms with van der Waals surface area (Å²) < 4.78 is 0. The molecule has 0 unspecified atom stereocenters. The molecule has 0 N–H and O–H groups in total. The van der Waals surface area contributed by atoms with E-state index in [4.69, 9.17) is 15.0 Å². The van der Waals surface area contributed by atoms with E-state index in [0.29, 0.717) is 17.5 Å². The molecule has 0 radical (unpaired) electrons. The van der Waals surface area contributed by atoms with Crippen LogP contribution in [0.25, 0.3) is 123 Å². The highest BCUT2D eigenvalue weighted by Gasteiger charge is 2.30. The third-order valence-electron chi connectivity index (χ3n) is 13.3. The molecule has 11 aromatic carbocycles. The highest BCUT2D eigenvalue weighted by molar-refractivity contribution is 6.16. The van der Waals surface area contributed by atoms with E-state index >= 15 is 0 Å². The zero-order valence-electron chi connectivity index (χ0n) is 39.5. The van der Waals surface area contributed by atoms with E-state index in [9.17, 15) is 0 Å². The first kappa shape index (κ1) is 43.7. The molecule has 0 saturated carbocycles. The van der Waals surface area contributed by atoms with Crippen molar-refractivity contribution in [3.63, 3.8) is 0 Å². The van der Waals surface area contributed by atoms with Crippen molar-refractivity contribution in [1.82, 2.24) is 15.0 Å². The van der Waals surface area contributed by atoms with Crippen LogP contribution in [0.1, 0.15) is 0 Å². The third kappa shape index (κ3) is 8.61. The summed E-state index contributed by atoms with van der Waals surface area (Å²) in [5.41, 5.74) is 20.4. The van der Waals surface area contributed by atoms with Crippen LogP contribution >= 0.6 is 0 Å². The standard InChI is InChI=1S/C69H47N3/c1-9-27-48(28-10-1)56-45-57(49-29-11-2-12-30-49)47-58(46-56)68-70-67(55-41-23-8-24-42-55)71-69(72-68)60-44-26-25-43-59(60)66-64(53-37-19-6-20-38-53)62(51-33-15-4-16-34-51)61(50-31-13-3-14-32-50)63(52-35-17-5-18-36-52)65(66)54-39-21-7-22-40-54/h1-47H. The highest BCUT2D eigenvalue weighted by atomic mass is 15.0. The van der Waals surface area contributed by atoms with Crippen molar-refractivity contribution in [2.24, 2.45) is 0 Å². The lowest BCUT2D eigenvalue weighted by Crippen LogP contribution is -2.04. The molecule has 0 amide bonds. The van der Waals surface area contributed by atoms with Crippen molar-refractivity contribution < 1.29 is 0 Å². The number of benzene rings is 11. The van der Waals surface area contributed by atoms with Gasteiger partial charge in [0.25, 0.3) is 0 Å². The predicted molar refractivity (Wildman–Crippen MR) is 300 cm³/mol. The molecule has 0 aliphatic carbocycles. The largest absolute Gasteiger partial charge is 0.208 e. The number of nitrogens with zero attached hydrogens (tertiary/aromatic N) is 3. The van der Waals surface area contributed by atoms with Crippen molar-refractivity contribution in [2.75, 3.05) is 0 Å². The zero-order valence-corrected chi connectivity index (χ0v) is 39.5. The van der Waals surface area contributed by atoms with Crippen molar-refractivity contribution in [2.45, 2.75) is 0 Å².